The second-order valence-electron chi connectivity index (χ2n) is 7.88. The molecule has 2 unspecified atom stereocenters. The van der Waals surface area contributed by atoms with Crippen LogP contribution in [0.4, 0.5) is 11.4 Å². The van der Waals surface area contributed by atoms with Gasteiger partial charge in [-0.3, -0.25) is 9.59 Å². The minimum Gasteiger partial charge on any atom is -0.325 e. The summed E-state index contributed by atoms with van der Waals surface area (Å²) in [6.07, 6.45) is 0. The predicted molar refractivity (Wildman–Crippen MR) is 161 cm³/mol. The van der Waals surface area contributed by atoms with E-state index in [4.69, 9.17) is 11.5 Å². The second-order valence-corrected chi connectivity index (χ2v) is 10.4. The van der Waals surface area contributed by atoms with Crippen LogP contribution in [0.25, 0.3) is 21.5 Å². The fourth-order valence-electron chi connectivity index (χ4n) is 3.40. The fourth-order valence-corrected chi connectivity index (χ4v) is 5.64. The molecule has 0 heterocycles. The van der Waals surface area contributed by atoms with E-state index in [1.165, 1.54) is 21.6 Å². The third kappa shape index (κ3) is 8.03. The SMILES string of the molecule is Cl.Cl.NC(CSSCC(N)C(=O)Nc1ccc2ccccc2c1)C(=O)Nc1ccc2ccccc2c1. The van der Waals surface area contributed by atoms with Gasteiger partial charge in [-0.15, -0.1) is 24.8 Å². The van der Waals surface area contributed by atoms with Crippen molar-refractivity contribution in [2.45, 2.75) is 12.1 Å². The quantitative estimate of drug-likeness (QED) is 0.159. The van der Waals surface area contributed by atoms with E-state index in [0.717, 1.165) is 21.5 Å². The zero-order chi connectivity index (χ0) is 23.9. The molecule has 2 atom stereocenters. The Balaban J connectivity index is 0.00000228. The van der Waals surface area contributed by atoms with E-state index in [1.54, 1.807) is 0 Å². The molecule has 0 aliphatic rings. The van der Waals surface area contributed by atoms with Crippen molar-refractivity contribution in [2.24, 2.45) is 11.5 Å². The third-order valence-electron chi connectivity index (χ3n) is 5.29. The average molecular weight is 564 g/mol. The third-order valence-corrected chi connectivity index (χ3v) is 7.76. The standard InChI is InChI=1S/C26H26N4O2S2.2ClH/c27-23(25(31)29-21-11-9-17-5-1-3-7-19(17)13-21)15-33-34-16-24(28)26(32)30-22-12-10-18-6-2-4-8-20(18)14-22;;/h1-14,23-24H,15-16,27-28H2,(H,29,31)(H,30,32);2*1H. The number of fused-ring (bicyclic) bond motifs is 2. The Morgan fingerprint density at radius 3 is 1.36 bits per heavy atom. The average Bonchev–Trinajstić information content (AvgIpc) is 2.86. The normalized spacial score (nSPS) is 12.2. The molecule has 6 N–H and O–H groups in total. The molecule has 0 saturated heterocycles. The molecule has 0 aliphatic heterocycles. The Bertz CT molecular complexity index is 1220. The van der Waals surface area contributed by atoms with Crippen LogP contribution in [0, 0.1) is 0 Å². The summed E-state index contributed by atoms with van der Waals surface area (Å²) in [6.45, 7) is 0. The fraction of sp³-hybridized carbons (Fsp3) is 0.154. The number of carbonyl (C=O) groups excluding carboxylic acids is 2. The van der Waals surface area contributed by atoms with E-state index >= 15 is 0 Å². The number of nitrogens with one attached hydrogen (secondary N) is 2. The van der Waals surface area contributed by atoms with Gasteiger partial charge in [0.25, 0.3) is 0 Å². The second kappa shape index (κ2) is 14.3. The Morgan fingerprint density at radius 1 is 0.611 bits per heavy atom. The number of rotatable bonds is 9. The summed E-state index contributed by atoms with van der Waals surface area (Å²) < 4.78 is 0. The van der Waals surface area contributed by atoms with Crippen LogP contribution in [0.15, 0.2) is 84.9 Å². The summed E-state index contributed by atoms with van der Waals surface area (Å²) in [4.78, 5) is 24.9. The number of carbonyl (C=O) groups is 2. The van der Waals surface area contributed by atoms with Gasteiger partial charge >= 0.3 is 0 Å². The predicted octanol–water partition coefficient (Wildman–Crippen LogP) is 5.45. The first-order valence-corrected chi connectivity index (χ1v) is 13.3. The number of nitrogens with two attached hydrogens (primary N) is 2. The molecule has 10 heteroatoms. The Hall–Kier alpha value is -2.46. The number of hydrogen-bond donors (Lipinski definition) is 4. The van der Waals surface area contributed by atoms with Gasteiger partial charge in [0.05, 0.1) is 12.1 Å². The molecule has 4 aromatic rings. The van der Waals surface area contributed by atoms with Gasteiger partial charge < -0.3 is 22.1 Å². The van der Waals surface area contributed by atoms with Gasteiger partial charge in [-0.25, -0.2) is 0 Å². The maximum atomic E-state index is 12.4. The van der Waals surface area contributed by atoms with Gasteiger partial charge in [-0.2, -0.15) is 0 Å². The van der Waals surface area contributed by atoms with E-state index < -0.39 is 12.1 Å². The minimum absolute atomic E-state index is 0. The molecule has 0 aromatic heterocycles. The van der Waals surface area contributed by atoms with Crippen LogP contribution < -0.4 is 22.1 Å². The summed E-state index contributed by atoms with van der Waals surface area (Å²) in [5.41, 5.74) is 13.5. The van der Waals surface area contributed by atoms with E-state index in [0.29, 0.717) is 22.9 Å². The summed E-state index contributed by atoms with van der Waals surface area (Å²) in [5.74, 6) is 0.315. The summed E-state index contributed by atoms with van der Waals surface area (Å²) in [5, 5.41) is 10.1. The van der Waals surface area contributed by atoms with Crippen molar-refractivity contribution in [1.82, 2.24) is 0 Å². The molecule has 0 fully saturated rings. The molecule has 4 rings (SSSR count). The van der Waals surface area contributed by atoms with Crippen LogP contribution in [0.5, 0.6) is 0 Å². The molecule has 0 saturated carbocycles. The number of anilines is 2. The van der Waals surface area contributed by atoms with Crippen LogP contribution in [0.2, 0.25) is 0 Å². The number of hydrogen-bond acceptors (Lipinski definition) is 6. The molecule has 190 valence electrons. The van der Waals surface area contributed by atoms with Crippen molar-refractivity contribution in [3.05, 3.63) is 84.9 Å². The van der Waals surface area contributed by atoms with E-state index in [1.807, 2.05) is 84.9 Å². The van der Waals surface area contributed by atoms with Crippen LogP contribution in [0.1, 0.15) is 0 Å². The Labute approximate surface area is 230 Å². The topological polar surface area (TPSA) is 110 Å². The molecule has 36 heavy (non-hydrogen) atoms. The molecule has 0 radical (unpaired) electrons. The molecule has 4 aromatic carbocycles. The maximum Gasteiger partial charge on any atom is 0.242 e. The molecule has 0 bridgehead atoms. The van der Waals surface area contributed by atoms with Crippen molar-refractivity contribution in [1.29, 1.82) is 0 Å². The first kappa shape index (κ1) is 29.8. The van der Waals surface area contributed by atoms with Gasteiger partial charge in [-0.1, -0.05) is 82.3 Å². The first-order chi connectivity index (χ1) is 16.5. The van der Waals surface area contributed by atoms with Gasteiger partial charge in [0.1, 0.15) is 0 Å². The Kier molecular flexibility index (Phi) is 11.8. The van der Waals surface area contributed by atoms with Gasteiger partial charge in [0, 0.05) is 22.9 Å². The van der Waals surface area contributed by atoms with Crippen molar-refractivity contribution in [3.63, 3.8) is 0 Å². The van der Waals surface area contributed by atoms with Gasteiger partial charge in [0.2, 0.25) is 11.8 Å². The highest BCUT2D eigenvalue weighted by molar-refractivity contribution is 8.76. The molecule has 0 aliphatic carbocycles. The summed E-state index contributed by atoms with van der Waals surface area (Å²) >= 11 is 0. The Morgan fingerprint density at radius 2 is 0.972 bits per heavy atom. The minimum atomic E-state index is -0.674. The first-order valence-electron chi connectivity index (χ1n) is 10.8. The maximum absolute atomic E-state index is 12.4. The van der Waals surface area contributed by atoms with E-state index in [2.05, 4.69) is 10.6 Å². The van der Waals surface area contributed by atoms with Crippen molar-refractivity contribution < 1.29 is 9.59 Å². The lowest BCUT2D eigenvalue weighted by Gasteiger charge is -2.14. The lowest BCUT2D eigenvalue weighted by Crippen LogP contribution is -2.38. The van der Waals surface area contributed by atoms with Crippen LogP contribution in [-0.2, 0) is 9.59 Å². The zero-order valence-corrected chi connectivity index (χ0v) is 22.5. The highest BCUT2D eigenvalue weighted by atomic mass is 35.5. The van der Waals surface area contributed by atoms with Crippen LogP contribution in [0.3, 0.4) is 0 Å². The van der Waals surface area contributed by atoms with Crippen molar-refractivity contribution >= 4 is 91.1 Å². The largest absolute Gasteiger partial charge is 0.325 e. The molecular formula is C26H28Cl2N4O2S2. The van der Waals surface area contributed by atoms with Crippen molar-refractivity contribution in [3.8, 4) is 0 Å². The smallest absolute Gasteiger partial charge is 0.242 e. The highest BCUT2D eigenvalue weighted by Crippen LogP contribution is 2.24. The van der Waals surface area contributed by atoms with Gasteiger partial charge in [0.15, 0.2) is 0 Å². The molecule has 6 nitrogen and oxygen atoms in total. The van der Waals surface area contributed by atoms with E-state index in [9.17, 15) is 9.59 Å². The molecule has 2 amide bonds. The lowest BCUT2D eigenvalue weighted by molar-refractivity contribution is -0.117. The van der Waals surface area contributed by atoms with Crippen molar-refractivity contribution in [2.75, 3.05) is 22.1 Å². The molecular weight excluding hydrogens is 535 g/mol. The van der Waals surface area contributed by atoms with Crippen LogP contribution >= 0.6 is 46.4 Å². The zero-order valence-electron chi connectivity index (χ0n) is 19.3. The number of halogens is 2. The van der Waals surface area contributed by atoms with E-state index in [-0.39, 0.29) is 36.6 Å². The monoisotopic (exact) mass is 562 g/mol. The van der Waals surface area contributed by atoms with Gasteiger partial charge in [-0.05, 0) is 45.8 Å². The number of amides is 2. The number of benzene rings is 4. The summed E-state index contributed by atoms with van der Waals surface area (Å²) in [6, 6.07) is 26.1. The molecule has 0 spiro atoms. The highest BCUT2D eigenvalue weighted by Gasteiger charge is 2.17. The summed E-state index contributed by atoms with van der Waals surface area (Å²) in [7, 11) is 2.86. The lowest BCUT2D eigenvalue weighted by atomic mass is 10.1. The van der Waals surface area contributed by atoms with Crippen LogP contribution in [-0.4, -0.2) is 35.4 Å².